The molecule has 1 saturated carbocycles. The summed E-state index contributed by atoms with van der Waals surface area (Å²) in [6, 6.07) is 3.19. The molecule has 0 aliphatic heterocycles. The van der Waals surface area contributed by atoms with Crippen molar-refractivity contribution in [3.63, 3.8) is 0 Å². The molecule has 1 aliphatic carbocycles. The van der Waals surface area contributed by atoms with Crippen molar-refractivity contribution < 1.29 is 14.6 Å². The van der Waals surface area contributed by atoms with Crippen molar-refractivity contribution in [2.45, 2.75) is 18.9 Å². The third-order valence-electron chi connectivity index (χ3n) is 3.62. The molecule has 0 aromatic heterocycles. The van der Waals surface area contributed by atoms with E-state index in [9.17, 15) is 9.90 Å². The number of rotatable bonds is 4. The first-order chi connectivity index (χ1) is 9.42. The van der Waals surface area contributed by atoms with E-state index < -0.39 is 5.97 Å². The number of nitrogens with two attached hydrogens (primary N) is 1. The number of halogens is 1. The quantitative estimate of drug-likeness (QED) is 0.656. The van der Waals surface area contributed by atoms with Gasteiger partial charge in [-0.2, -0.15) is 0 Å². The van der Waals surface area contributed by atoms with Crippen LogP contribution in [0, 0.1) is 5.92 Å². The first-order valence-electron chi connectivity index (χ1n) is 6.49. The Kier molecular flexibility index (Phi) is 4.40. The van der Waals surface area contributed by atoms with Crippen LogP contribution in [-0.2, 0) is 4.74 Å². The van der Waals surface area contributed by atoms with E-state index >= 15 is 0 Å². The van der Waals surface area contributed by atoms with Crippen molar-refractivity contribution in [1.29, 1.82) is 0 Å². The van der Waals surface area contributed by atoms with Gasteiger partial charge in [-0.05, 0) is 30.9 Å². The molecule has 0 heterocycles. The van der Waals surface area contributed by atoms with Crippen LogP contribution in [0.15, 0.2) is 12.1 Å². The van der Waals surface area contributed by atoms with Gasteiger partial charge >= 0.3 is 5.97 Å². The van der Waals surface area contributed by atoms with E-state index in [0.29, 0.717) is 27.9 Å². The molecule has 1 aliphatic rings. The molecule has 6 heteroatoms. The van der Waals surface area contributed by atoms with Crippen molar-refractivity contribution in [2.24, 2.45) is 5.92 Å². The topological polar surface area (TPSA) is 75.8 Å². The standard InChI is InChI=1S/C14H19ClN2O3/c1-17(7-8-3-10(18)4-8)13-11(14(19)20-2)5-9(16)6-12(13)15/h5-6,8,10,18H,3-4,7,16H2,1-2H3. The second-order valence-corrected chi connectivity index (χ2v) is 5.67. The van der Waals surface area contributed by atoms with Crippen LogP contribution in [0.25, 0.3) is 0 Å². The van der Waals surface area contributed by atoms with Crippen LogP contribution >= 0.6 is 11.6 Å². The molecule has 0 spiro atoms. The maximum atomic E-state index is 11.9. The van der Waals surface area contributed by atoms with E-state index in [0.717, 1.165) is 19.4 Å². The smallest absolute Gasteiger partial charge is 0.340 e. The Morgan fingerprint density at radius 3 is 2.75 bits per heavy atom. The molecular formula is C14H19ClN2O3. The average Bonchev–Trinajstić information content (AvgIpc) is 2.34. The number of nitrogens with zero attached hydrogens (tertiary/aromatic N) is 1. The highest BCUT2D eigenvalue weighted by Crippen LogP contribution is 2.35. The van der Waals surface area contributed by atoms with Crippen LogP contribution in [0.1, 0.15) is 23.2 Å². The van der Waals surface area contributed by atoms with Crippen LogP contribution in [0.5, 0.6) is 0 Å². The van der Waals surface area contributed by atoms with E-state index in [1.54, 1.807) is 12.1 Å². The summed E-state index contributed by atoms with van der Waals surface area (Å²) in [6.45, 7) is 0.727. The van der Waals surface area contributed by atoms with Crippen LogP contribution in [0.3, 0.4) is 0 Å². The summed E-state index contributed by atoms with van der Waals surface area (Å²) in [7, 11) is 3.19. The molecule has 20 heavy (non-hydrogen) atoms. The van der Waals surface area contributed by atoms with Crippen LogP contribution in [-0.4, -0.2) is 37.9 Å². The second kappa shape index (κ2) is 5.89. The van der Waals surface area contributed by atoms with E-state index in [2.05, 4.69) is 0 Å². The molecule has 0 radical (unpaired) electrons. The van der Waals surface area contributed by atoms with Crippen molar-refractivity contribution in [3.8, 4) is 0 Å². The molecule has 1 fully saturated rings. The normalized spacial score (nSPS) is 21.2. The molecule has 5 nitrogen and oxygen atoms in total. The lowest BCUT2D eigenvalue weighted by atomic mass is 9.82. The number of carbonyl (C=O) groups excluding carboxylic acids is 1. The van der Waals surface area contributed by atoms with Gasteiger partial charge in [-0.1, -0.05) is 11.6 Å². The zero-order chi connectivity index (χ0) is 14.9. The van der Waals surface area contributed by atoms with Gasteiger partial charge in [0.1, 0.15) is 0 Å². The lowest BCUT2D eigenvalue weighted by Crippen LogP contribution is -2.37. The van der Waals surface area contributed by atoms with Gasteiger partial charge < -0.3 is 20.5 Å². The number of esters is 1. The fourth-order valence-corrected chi connectivity index (χ4v) is 2.97. The highest BCUT2D eigenvalue weighted by Gasteiger charge is 2.29. The number of anilines is 2. The minimum atomic E-state index is -0.463. The van der Waals surface area contributed by atoms with Crippen LogP contribution < -0.4 is 10.6 Å². The van der Waals surface area contributed by atoms with Crippen molar-refractivity contribution in [3.05, 3.63) is 22.7 Å². The fraction of sp³-hybridized carbons (Fsp3) is 0.500. The summed E-state index contributed by atoms with van der Waals surface area (Å²) in [5.74, 6) is -0.0520. The lowest BCUT2D eigenvalue weighted by molar-refractivity contribution is 0.0463. The Hall–Kier alpha value is -1.46. The number of aliphatic hydroxyl groups excluding tert-OH is 1. The first kappa shape index (κ1) is 14.9. The summed E-state index contributed by atoms with van der Waals surface area (Å²) in [4.78, 5) is 13.8. The minimum Gasteiger partial charge on any atom is -0.465 e. The Bertz CT molecular complexity index is 515. The van der Waals surface area contributed by atoms with Gasteiger partial charge in [0.2, 0.25) is 0 Å². The number of hydrogen-bond donors (Lipinski definition) is 2. The molecule has 0 atom stereocenters. The van der Waals surface area contributed by atoms with E-state index in [1.807, 2.05) is 11.9 Å². The monoisotopic (exact) mass is 298 g/mol. The average molecular weight is 299 g/mol. The van der Waals surface area contributed by atoms with Crippen molar-refractivity contribution in [2.75, 3.05) is 31.3 Å². The maximum absolute atomic E-state index is 11.9. The molecule has 1 aromatic carbocycles. The molecule has 110 valence electrons. The Labute approximate surface area is 123 Å². The van der Waals surface area contributed by atoms with Crippen LogP contribution in [0.4, 0.5) is 11.4 Å². The van der Waals surface area contributed by atoms with Gasteiger partial charge in [-0.25, -0.2) is 4.79 Å². The Balaban J connectivity index is 2.26. The number of ether oxygens (including phenoxy) is 1. The molecule has 1 aromatic rings. The second-order valence-electron chi connectivity index (χ2n) is 5.26. The fourth-order valence-electron chi connectivity index (χ4n) is 2.60. The SMILES string of the molecule is COC(=O)c1cc(N)cc(Cl)c1N(C)CC1CC(O)C1. The highest BCUT2D eigenvalue weighted by molar-refractivity contribution is 6.34. The summed E-state index contributed by atoms with van der Waals surface area (Å²) >= 11 is 6.23. The summed E-state index contributed by atoms with van der Waals surface area (Å²) in [5.41, 5.74) is 7.14. The molecule has 0 bridgehead atoms. The number of aliphatic hydroxyl groups is 1. The van der Waals surface area contributed by atoms with Gasteiger partial charge in [0.15, 0.2) is 0 Å². The molecule has 0 saturated heterocycles. The third kappa shape index (κ3) is 2.99. The number of benzene rings is 1. The number of nitrogen functional groups attached to an aromatic ring is 1. The largest absolute Gasteiger partial charge is 0.465 e. The van der Waals surface area contributed by atoms with Gasteiger partial charge in [-0.3, -0.25) is 0 Å². The van der Waals surface area contributed by atoms with E-state index in [-0.39, 0.29) is 6.10 Å². The summed E-state index contributed by atoms with van der Waals surface area (Å²) in [5, 5.41) is 9.76. The predicted molar refractivity (Wildman–Crippen MR) is 79.2 cm³/mol. The van der Waals surface area contributed by atoms with Crippen molar-refractivity contribution in [1.82, 2.24) is 0 Å². The lowest BCUT2D eigenvalue weighted by Gasteiger charge is -2.36. The first-order valence-corrected chi connectivity index (χ1v) is 6.86. The Morgan fingerprint density at radius 1 is 1.55 bits per heavy atom. The van der Waals surface area contributed by atoms with E-state index in [1.165, 1.54) is 7.11 Å². The number of carbonyl (C=O) groups is 1. The third-order valence-corrected chi connectivity index (χ3v) is 3.90. The van der Waals surface area contributed by atoms with Gasteiger partial charge in [0.05, 0.1) is 29.5 Å². The molecule has 0 amide bonds. The van der Waals surface area contributed by atoms with Crippen molar-refractivity contribution >= 4 is 28.9 Å². The molecule has 2 rings (SSSR count). The molecular weight excluding hydrogens is 280 g/mol. The zero-order valence-electron chi connectivity index (χ0n) is 11.6. The predicted octanol–water partition coefficient (Wildman–Crippen LogP) is 1.92. The summed E-state index contributed by atoms with van der Waals surface area (Å²) in [6.07, 6.45) is 1.37. The Morgan fingerprint density at radius 2 is 2.20 bits per heavy atom. The number of methoxy groups -OCH3 is 1. The molecule has 0 unspecified atom stereocenters. The van der Waals surface area contributed by atoms with Gasteiger partial charge in [0, 0.05) is 19.3 Å². The highest BCUT2D eigenvalue weighted by atomic mass is 35.5. The van der Waals surface area contributed by atoms with E-state index in [4.69, 9.17) is 22.1 Å². The van der Waals surface area contributed by atoms with Crippen LogP contribution in [0.2, 0.25) is 5.02 Å². The van der Waals surface area contributed by atoms with Gasteiger partial charge in [0.25, 0.3) is 0 Å². The summed E-state index contributed by atoms with van der Waals surface area (Å²) < 4.78 is 4.78. The van der Waals surface area contributed by atoms with Gasteiger partial charge in [-0.15, -0.1) is 0 Å². The zero-order valence-corrected chi connectivity index (χ0v) is 12.4. The minimum absolute atomic E-state index is 0.199. The molecule has 3 N–H and O–H groups in total. The maximum Gasteiger partial charge on any atom is 0.340 e. The number of hydrogen-bond acceptors (Lipinski definition) is 5.